The number of carbonyl (C=O) groups excluding carboxylic acids is 2. The molecule has 1 aliphatic heterocycles. The fraction of sp³-hybridized carbons (Fsp3) is 0.250. The molecule has 0 atom stereocenters. The van der Waals surface area contributed by atoms with Gasteiger partial charge in [0.2, 0.25) is 5.88 Å². The van der Waals surface area contributed by atoms with Gasteiger partial charge in [-0.25, -0.2) is 9.78 Å². The average Bonchev–Trinajstić information content (AvgIpc) is 3.29. The predicted molar refractivity (Wildman–Crippen MR) is 138 cm³/mol. The average molecular weight is 485 g/mol. The van der Waals surface area contributed by atoms with Gasteiger partial charge in [0, 0.05) is 32.1 Å². The van der Waals surface area contributed by atoms with Crippen LogP contribution in [0, 0.1) is 0 Å². The third-order valence-corrected chi connectivity index (χ3v) is 6.42. The molecule has 0 spiro atoms. The molecule has 184 valence electrons. The van der Waals surface area contributed by atoms with Gasteiger partial charge in [0.25, 0.3) is 5.91 Å². The number of benzene rings is 3. The number of aromatic nitrogens is 2. The largest absolute Gasteiger partial charge is 0.497 e. The van der Waals surface area contributed by atoms with Crippen LogP contribution in [0.1, 0.15) is 34.6 Å². The van der Waals surface area contributed by atoms with E-state index in [1.807, 2.05) is 65.2 Å². The maximum Gasteiger partial charge on any atom is 0.414 e. The van der Waals surface area contributed by atoms with Crippen molar-refractivity contribution in [2.45, 2.75) is 32.4 Å². The summed E-state index contributed by atoms with van der Waals surface area (Å²) in [6.45, 7) is 0.953. The second-order valence-electron chi connectivity index (χ2n) is 8.75. The van der Waals surface area contributed by atoms with E-state index in [4.69, 9.17) is 14.5 Å². The number of methoxy groups -OCH3 is 1. The summed E-state index contributed by atoms with van der Waals surface area (Å²) in [5.74, 6) is 1.92. The first-order chi connectivity index (χ1) is 17.5. The van der Waals surface area contributed by atoms with Crippen LogP contribution in [-0.4, -0.2) is 35.7 Å². The number of nitrogens with one attached hydrogen (secondary N) is 1. The van der Waals surface area contributed by atoms with Crippen LogP contribution < -0.4 is 19.7 Å². The van der Waals surface area contributed by atoms with E-state index in [9.17, 15) is 9.59 Å². The number of hydrogen-bond donors (Lipinski definition) is 1. The van der Waals surface area contributed by atoms with E-state index in [1.54, 1.807) is 20.2 Å². The van der Waals surface area contributed by atoms with Crippen molar-refractivity contribution in [3.63, 3.8) is 0 Å². The first kappa shape index (κ1) is 23.4. The number of carbonyl (C=O) groups is 2. The molecule has 4 aromatic rings. The summed E-state index contributed by atoms with van der Waals surface area (Å²) in [5.41, 5.74) is 1.44. The zero-order chi connectivity index (χ0) is 25.1. The number of imidazole rings is 1. The van der Waals surface area contributed by atoms with Gasteiger partial charge < -0.3 is 14.8 Å². The van der Waals surface area contributed by atoms with E-state index in [1.165, 1.54) is 4.90 Å². The van der Waals surface area contributed by atoms with Crippen LogP contribution in [0.2, 0.25) is 0 Å². The van der Waals surface area contributed by atoms with Crippen LogP contribution in [0.3, 0.4) is 0 Å². The smallest absolute Gasteiger partial charge is 0.414 e. The number of fused-ring (bicyclic) bond motifs is 2. The molecule has 0 saturated carbocycles. The highest BCUT2D eigenvalue weighted by molar-refractivity contribution is 6.14. The van der Waals surface area contributed by atoms with Gasteiger partial charge in [-0.3, -0.25) is 14.3 Å². The first-order valence-corrected chi connectivity index (χ1v) is 12.0. The molecule has 0 unspecified atom stereocenters. The van der Waals surface area contributed by atoms with Crippen LogP contribution in [0.25, 0.3) is 10.8 Å². The molecule has 36 heavy (non-hydrogen) atoms. The molecule has 1 aliphatic rings. The summed E-state index contributed by atoms with van der Waals surface area (Å²) in [6.07, 6.45) is 2.10. The molecule has 0 bridgehead atoms. The third kappa shape index (κ3) is 4.62. The minimum Gasteiger partial charge on any atom is -0.497 e. The Morgan fingerprint density at radius 1 is 1.06 bits per heavy atom. The lowest BCUT2D eigenvalue weighted by molar-refractivity contribution is 0.0993. The van der Waals surface area contributed by atoms with Crippen LogP contribution in [0.4, 0.5) is 10.6 Å². The van der Waals surface area contributed by atoms with Gasteiger partial charge in [-0.15, -0.1) is 0 Å². The van der Waals surface area contributed by atoms with Gasteiger partial charge in [-0.1, -0.05) is 48.5 Å². The SMILES string of the molecule is COc1cccc(CNC(=O)Oc2c(N(C)C(=O)c3cccc4ccccc34)nc3n2CCCC3)c1. The van der Waals surface area contributed by atoms with E-state index in [-0.39, 0.29) is 18.3 Å². The van der Waals surface area contributed by atoms with Crippen molar-refractivity contribution in [3.8, 4) is 11.6 Å². The molecule has 3 aromatic carbocycles. The Bertz CT molecular complexity index is 1420. The monoisotopic (exact) mass is 484 g/mol. The molecule has 0 saturated heterocycles. The zero-order valence-electron chi connectivity index (χ0n) is 20.4. The first-order valence-electron chi connectivity index (χ1n) is 12.0. The van der Waals surface area contributed by atoms with Crippen LogP contribution in [0.5, 0.6) is 11.6 Å². The highest BCUT2D eigenvalue weighted by Gasteiger charge is 2.29. The zero-order valence-corrected chi connectivity index (χ0v) is 20.4. The van der Waals surface area contributed by atoms with Crippen molar-refractivity contribution >= 4 is 28.6 Å². The molecule has 1 aromatic heterocycles. The highest BCUT2D eigenvalue weighted by atomic mass is 16.6. The molecule has 2 heterocycles. The maximum absolute atomic E-state index is 13.6. The number of amides is 2. The fourth-order valence-electron chi connectivity index (χ4n) is 4.53. The summed E-state index contributed by atoms with van der Waals surface area (Å²) in [6, 6.07) is 20.9. The Hall–Kier alpha value is -4.33. The van der Waals surface area contributed by atoms with E-state index >= 15 is 0 Å². The summed E-state index contributed by atoms with van der Waals surface area (Å²) in [7, 11) is 3.26. The van der Waals surface area contributed by atoms with E-state index in [0.717, 1.165) is 41.4 Å². The van der Waals surface area contributed by atoms with Gasteiger partial charge >= 0.3 is 6.09 Å². The lowest BCUT2D eigenvalue weighted by Gasteiger charge is -2.19. The minimum atomic E-state index is -0.613. The second kappa shape index (κ2) is 10.1. The molecule has 0 radical (unpaired) electrons. The topological polar surface area (TPSA) is 85.7 Å². The van der Waals surface area contributed by atoms with E-state index < -0.39 is 6.09 Å². The number of ether oxygens (including phenoxy) is 2. The second-order valence-corrected chi connectivity index (χ2v) is 8.75. The molecule has 2 amide bonds. The van der Waals surface area contributed by atoms with E-state index in [0.29, 0.717) is 23.7 Å². The van der Waals surface area contributed by atoms with Gasteiger partial charge in [0.05, 0.1) is 7.11 Å². The van der Waals surface area contributed by atoms with Crippen molar-refractivity contribution < 1.29 is 19.1 Å². The Balaban J connectivity index is 1.41. The van der Waals surface area contributed by atoms with Crippen molar-refractivity contribution in [1.29, 1.82) is 0 Å². The highest BCUT2D eigenvalue weighted by Crippen LogP contribution is 2.33. The van der Waals surface area contributed by atoms with Gasteiger partial charge in [-0.05, 0) is 47.4 Å². The molecular weight excluding hydrogens is 456 g/mol. The van der Waals surface area contributed by atoms with Crippen LogP contribution >= 0.6 is 0 Å². The summed E-state index contributed by atoms with van der Waals surface area (Å²) in [4.78, 5) is 32.6. The number of aryl methyl sites for hydroxylation is 1. The molecule has 8 heteroatoms. The Labute approximate surface area is 209 Å². The number of rotatable bonds is 6. The quantitative estimate of drug-likeness (QED) is 0.419. The van der Waals surface area contributed by atoms with Crippen LogP contribution in [-0.2, 0) is 19.5 Å². The van der Waals surface area contributed by atoms with Crippen LogP contribution in [0.15, 0.2) is 66.7 Å². The van der Waals surface area contributed by atoms with Crippen molar-refractivity contribution in [3.05, 3.63) is 83.7 Å². The molecule has 0 fully saturated rings. The minimum absolute atomic E-state index is 0.219. The van der Waals surface area contributed by atoms with Crippen molar-refractivity contribution in [2.75, 3.05) is 19.1 Å². The molecule has 0 aliphatic carbocycles. The lowest BCUT2D eigenvalue weighted by atomic mass is 10.0. The molecule has 5 rings (SSSR count). The summed E-state index contributed by atoms with van der Waals surface area (Å²) in [5, 5.41) is 4.63. The van der Waals surface area contributed by atoms with Crippen molar-refractivity contribution in [1.82, 2.24) is 14.9 Å². The number of hydrogen-bond acceptors (Lipinski definition) is 5. The Morgan fingerprint density at radius 3 is 2.72 bits per heavy atom. The Kier molecular flexibility index (Phi) is 6.58. The maximum atomic E-state index is 13.6. The number of anilines is 1. The molecular formula is C28H28N4O4. The summed E-state index contributed by atoms with van der Waals surface area (Å²) < 4.78 is 12.9. The lowest BCUT2D eigenvalue weighted by Crippen LogP contribution is -2.30. The summed E-state index contributed by atoms with van der Waals surface area (Å²) >= 11 is 0. The van der Waals surface area contributed by atoms with Gasteiger partial charge in [0.15, 0.2) is 5.82 Å². The third-order valence-electron chi connectivity index (χ3n) is 6.42. The molecule has 8 nitrogen and oxygen atoms in total. The number of nitrogens with zero attached hydrogens (tertiary/aromatic N) is 3. The van der Waals surface area contributed by atoms with Gasteiger partial charge in [0.1, 0.15) is 11.6 Å². The van der Waals surface area contributed by atoms with E-state index in [2.05, 4.69) is 5.32 Å². The predicted octanol–water partition coefficient (Wildman–Crippen LogP) is 4.95. The van der Waals surface area contributed by atoms with Crippen molar-refractivity contribution in [2.24, 2.45) is 0 Å². The standard InChI is InChI=1S/C28H28N4O4/c1-31(26(33)23-14-8-11-20-10-3-4-13-22(20)23)25-27(32-16-6-5-15-24(32)30-25)36-28(34)29-18-19-9-7-12-21(17-19)35-2/h3-4,7-14,17H,5-6,15-16,18H2,1-2H3,(H,29,34). The van der Waals surface area contributed by atoms with Gasteiger partial charge in [-0.2, -0.15) is 0 Å². The normalized spacial score (nSPS) is 12.6. The fourth-order valence-corrected chi connectivity index (χ4v) is 4.53. The Morgan fingerprint density at radius 2 is 1.86 bits per heavy atom. The molecule has 1 N–H and O–H groups in total.